The highest BCUT2D eigenvalue weighted by molar-refractivity contribution is 7.10. The third-order valence-corrected chi connectivity index (χ3v) is 2.74. The minimum absolute atomic E-state index is 0.107. The molecule has 1 atom stereocenters. The van der Waals surface area contributed by atoms with Gasteiger partial charge >= 0.3 is 11.9 Å². The first-order chi connectivity index (χ1) is 7.02. The van der Waals surface area contributed by atoms with Crippen molar-refractivity contribution in [1.82, 2.24) is 0 Å². The van der Waals surface area contributed by atoms with Crippen molar-refractivity contribution in [3.8, 4) is 0 Å². The molecule has 0 aromatic carbocycles. The van der Waals surface area contributed by atoms with Crippen LogP contribution in [0, 0.1) is 5.92 Å². The van der Waals surface area contributed by atoms with Gasteiger partial charge in [0.2, 0.25) is 0 Å². The molecule has 0 bridgehead atoms. The first kappa shape index (κ1) is 11.5. The van der Waals surface area contributed by atoms with E-state index in [1.807, 2.05) is 0 Å². The predicted molar refractivity (Wildman–Crippen MR) is 56.7 cm³/mol. The Labute approximate surface area is 90.5 Å². The average Bonchev–Trinajstić information content (AvgIpc) is 2.64. The lowest BCUT2D eigenvalue weighted by Gasteiger charge is -2.06. The molecule has 15 heavy (non-hydrogen) atoms. The first-order valence-electron chi connectivity index (χ1n) is 4.23. The smallest absolute Gasteiger partial charge is 0.332 e. The summed E-state index contributed by atoms with van der Waals surface area (Å²) in [5, 5.41) is 19.4. The summed E-state index contributed by atoms with van der Waals surface area (Å²) in [6.07, 6.45) is 1.39. The summed E-state index contributed by atoms with van der Waals surface area (Å²) in [6.45, 7) is 1.36. The van der Waals surface area contributed by atoms with Crippen molar-refractivity contribution in [2.45, 2.75) is 6.92 Å². The molecule has 0 saturated carbocycles. The summed E-state index contributed by atoms with van der Waals surface area (Å²) < 4.78 is 0. The molecule has 80 valence electrons. The Morgan fingerprint density at radius 2 is 2.13 bits per heavy atom. The van der Waals surface area contributed by atoms with Crippen LogP contribution >= 0.6 is 11.3 Å². The number of aliphatic carboxylic acids is 2. The molecule has 4 nitrogen and oxygen atoms in total. The predicted octanol–water partition coefficient (Wildman–Crippen LogP) is 1.94. The molecule has 0 spiro atoms. The maximum atomic E-state index is 10.8. The van der Waals surface area contributed by atoms with Crippen LogP contribution in [0.15, 0.2) is 23.1 Å². The molecular weight excluding hydrogens is 216 g/mol. The van der Waals surface area contributed by atoms with E-state index in [4.69, 9.17) is 10.2 Å². The molecule has 0 aliphatic carbocycles. The number of hydrogen-bond acceptors (Lipinski definition) is 3. The van der Waals surface area contributed by atoms with Crippen LogP contribution in [0.5, 0.6) is 0 Å². The van der Waals surface area contributed by atoms with E-state index in [1.54, 1.807) is 17.5 Å². The SMILES string of the molecule is CC(C(=O)O)/C(=C\c1cccs1)C(=O)O. The van der Waals surface area contributed by atoms with Crippen LogP contribution in [0.2, 0.25) is 0 Å². The van der Waals surface area contributed by atoms with Crippen molar-refractivity contribution in [2.24, 2.45) is 5.92 Å². The van der Waals surface area contributed by atoms with Crippen molar-refractivity contribution in [3.05, 3.63) is 28.0 Å². The van der Waals surface area contributed by atoms with Gasteiger partial charge < -0.3 is 10.2 Å². The Hall–Kier alpha value is -1.62. The zero-order valence-corrected chi connectivity index (χ0v) is 8.82. The molecular formula is C10H10O4S. The number of carbonyl (C=O) groups is 2. The summed E-state index contributed by atoms with van der Waals surface area (Å²) in [5.74, 6) is -3.34. The summed E-state index contributed by atoms with van der Waals surface area (Å²) >= 11 is 1.37. The number of thiophene rings is 1. The Kier molecular flexibility index (Phi) is 3.62. The Balaban J connectivity index is 3.03. The highest BCUT2D eigenvalue weighted by atomic mass is 32.1. The van der Waals surface area contributed by atoms with Gasteiger partial charge in [0.15, 0.2) is 0 Å². The van der Waals surface area contributed by atoms with Gasteiger partial charge in [-0.3, -0.25) is 4.79 Å². The first-order valence-corrected chi connectivity index (χ1v) is 5.11. The van der Waals surface area contributed by atoms with E-state index in [2.05, 4.69) is 0 Å². The Morgan fingerprint density at radius 3 is 2.53 bits per heavy atom. The molecule has 5 heteroatoms. The van der Waals surface area contributed by atoms with Crippen LogP contribution in [-0.4, -0.2) is 22.2 Å². The van der Waals surface area contributed by atoms with E-state index in [9.17, 15) is 9.59 Å². The molecule has 1 aromatic heterocycles. The third kappa shape index (κ3) is 2.92. The zero-order valence-electron chi connectivity index (χ0n) is 8.01. The Bertz CT molecular complexity index is 392. The average molecular weight is 226 g/mol. The highest BCUT2D eigenvalue weighted by Gasteiger charge is 2.22. The minimum Gasteiger partial charge on any atom is -0.481 e. The number of hydrogen-bond donors (Lipinski definition) is 2. The Morgan fingerprint density at radius 1 is 1.47 bits per heavy atom. The lowest BCUT2D eigenvalue weighted by molar-refractivity contribution is -0.143. The van der Waals surface area contributed by atoms with E-state index in [-0.39, 0.29) is 5.57 Å². The van der Waals surface area contributed by atoms with Gasteiger partial charge in [0.25, 0.3) is 0 Å². The second-order valence-electron chi connectivity index (χ2n) is 2.98. The molecule has 1 rings (SSSR count). The summed E-state index contributed by atoms with van der Waals surface area (Å²) in [4.78, 5) is 22.3. The molecule has 0 saturated heterocycles. The van der Waals surface area contributed by atoms with Gasteiger partial charge in [-0.05, 0) is 24.4 Å². The van der Waals surface area contributed by atoms with Crippen LogP contribution in [-0.2, 0) is 9.59 Å². The van der Waals surface area contributed by atoms with Crippen molar-refractivity contribution in [1.29, 1.82) is 0 Å². The molecule has 0 aliphatic rings. The van der Waals surface area contributed by atoms with E-state index in [1.165, 1.54) is 24.3 Å². The fourth-order valence-electron chi connectivity index (χ4n) is 1.03. The minimum atomic E-state index is -1.20. The maximum absolute atomic E-state index is 10.8. The van der Waals surface area contributed by atoms with Crippen molar-refractivity contribution < 1.29 is 19.8 Å². The molecule has 1 heterocycles. The molecule has 0 fully saturated rings. The monoisotopic (exact) mass is 226 g/mol. The quantitative estimate of drug-likeness (QED) is 0.769. The van der Waals surface area contributed by atoms with E-state index >= 15 is 0 Å². The molecule has 0 aliphatic heterocycles. The molecule has 1 aromatic rings. The van der Waals surface area contributed by atoms with Gasteiger partial charge in [0, 0.05) is 4.88 Å². The van der Waals surface area contributed by atoms with Crippen LogP contribution in [0.1, 0.15) is 11.8 Å². The maximum Gasteiger partial charge on any atom is 0.332 e. The van der Waals surface area contributed by atoms with Gasteiger partial charge in [0.1, 0.15) is 0 Å². The number of carboxylic acids is 2. The van der Waals surface area contributed by atoms with Gasteiger partial charge in [-0.15, -0.1) is 11.3 Å². The fraction of sp³-hybridized carbons (Fsp3) is 0.200. The third-order valence-electron chi connectivity index (χ3n) is 1.92. The topological polar surface area (TPSA) is 74.6 Å². The van der Waals surface area contributed by atoms with Gasteiger partial charge in [-0.25, -0.2) is 4.79 Å². The van der Waals surface area contributed by atoms with E-state index in [0.29, 0.717) is 0 Å². The lowest BCUT2D eigenvalue weighted by atomic mass is 10.0. The van der Waals surface area contributed by atoms with Crippen LogP contribution in [0.4, 0.5) is 0 Å². The van der Waals surface area contributed by atoms with E-state index < -0.39 is 17.9 Å². The molecule has 0 radical (unpaired) electrons. The molecule has 1 unspecified atom stereocenters. The van der Waals surface area contributed by atoms with Gasteiger partial charge in [-0.1, -0.05) is 6.07 Å². The summed E-state index contributed by atoms with van der Waals surface area (Å²) in [5.41, 5.74) is -0.107. The van der Waals surface area contributed by atoms with Crippen LogP contribution < -0.4 is 0 Å². The largest absolute Gasteiger partial charge is 0.481 e. The number of rotatable bonds is 4. The van der Waals surface area contributed by atoms with Gasteiger partial charge in [0.05, 0.1) is 11.5 Å². The van der Waals surface area contributed by atoms with Crippen molar-refractivity contribution in [3.63, 3.8) is 0 Å². The van der Waals surface area contributed by atoms with Gasteiger partial charge in [-0.2, -0.15) is 0 Å². The lowest BCUT2D eigenvalue weighted by Crippen LogP contribution is -2.18. The second kappa shape index (κ2) is 4.75. The normalized spacial score (nSPS) is 13.5. The number of carboxylic acid groups (broad SMARTS) is 2. The highest BCUT2D eigenvalue weighted by Crippen LogP contribution is 2.19. The summed E-state index contributed by atoms with van der Waals surface area (Å²) in [6, 6.07) is 3.52. The summed E-state index contributed by atoms with van der Waals surface area (Å²) in [7, 11) is 0. The second-order valence-corrected chi connectivity index (χ2v) is 3.96. The zero-order chi connectivity index (χ0) is 11.4. The van der Waals surface area contributed by atoms with Crippen LogP contribution in [0.3, 0.4) is 0 Å². The van der Waals surface area contributed by atoms with E-state index in [0.717, 1.165) is 4.88 Å². The standard InChI is InChI=1S/C10H10O4S/c1-6(9(11)12)8(10(13)14)5-7-3-2-4-15-7/h2-6H,1H3,(H,11,12)(H,13,14)/b8-5+. The van der Waals surface area contributed by atoms with Crippen molar-refractivity contribution in [2.75, 3.05) is 0 Å². The molecule has 2 N–H and O–H groups in total. The molecule has 0 amide bonds. The van der Waals surface area contributed by atoms with Crippen molar-refractivity contribution >= 4 is 29.4 Å². The fourth-order valence-corrected chi connectivity index (χ4v) is 1.70. The van der Waals surface area contributed by atoms with Crippen LogP contribution in [0.25, 0.3) is 6.08 Å².